The Bertz CT molecular complexity index is 436. The van der Waals surface area contributed by atoms with Crippen molar-refractivity contribution in [2.45, 2.75) is 43.9 Å². The average Bonchev–Trinajstić information content (AvgIpc) is 2.73. The zero-order chi connectivity index (χ0) is 13.1. The largest absolute Gasteiger partial charge is 0.486 e. The van der Waals surface area contributed by atoms with Gasteiger partial charge in [-0.05, 0) is 30.5 Å². The summed E-state index contributed by atoms with van der Waals surface area (Å²) < 4.78 is 11.3. The molecule has 3 rings (SSSR count). The van der Waals surface area contributed by atoms with Gasteiger partial charge in [0.05, 0.1) is 0 Å². The molecule has 0 radical (unpaired) electrons. The average molecular weight is 261 g/mol. The molecule has 0 atom stereocenters. The zero-order valence-electron chi connectivity index (χ0n) is 11.5. The fourth-order valence-corrected chi connectivity index (χ4v) is 3.39. The van der Waals surface area contributed by atoms with E-state index in [1.165, 1.54) is 44.1 Å². The summed E-state index contributed by atoms with van der Waals surface area (Å²) in [6, 6.07) is 6.39. The Labute approximate surface area is 115 Å². The van der Waals surface area contributed by atoms with Gasteiger partial charge < -0.3 is 15.2 Å². The minimum absolute atomic E-state index is 0.145. The number of hydrogen-bond donors (Lipinski definition) is 1. The summed E-state index contributed by atoms with van der Waals surface area (Å²) in [5.74, 6) is 1.76. The number of ether oxygens (including phenoxy) is 2. The molecule has 3 nitrogen and oxygen atoms in total. The predicted octanol–water partition coefficient (Wildman–Crippen LogP) is 3.01. The second kappa shape index (κ2) is 5.41. The lowest BCUT2D eigenvalue weighted by atomic mass is 9.74. The Balaban J connectivity index is 1.94. The third kappa shape index (κ3) is 2.44. The van der Waals surface area contributed by atoms with Gasteiger partial charge in [0.15, 0.2) is 11.5 Å². The monoisotopic (exact) mass is 261 g/mol. The maximum atomic E-state index is 6.14. The minimum atomic E-state index is 0.145. The van der Waals surface area contributed by atoms with E-state index in [0.717, 1.165) is 18.0 Å². The zero-order valence-corrected chi connectivity index (χ0v) is 11.5. The summed E-state index contributed by atoms with van der Waals surface area (Å²) in [7, 11) is 0. The molecule has 0 amide bonds. The summed E-state index contributed by atoms with van der Waals surface area (Å²) >= 11 is 0. The molecule has 0 bridgehead atoms. The topological polar surface area (TPSA) is 44.5 Å². The molecule has 1 heterocycles. The smallest absolute Gasteiger partial charge is 0.161 e. The molecule has 104 valence electrons. The molecule has 0 saturated heterocycles. The van der Waals surface area contributed by atoms with E-state index in [1.54, 1.807) is 0 Å². The summed E-state index contributed by atoms with van der Waals surface area (Å²) in [6.45, 7) is 2.02. The van der Waals surface area contributed by atoms with Crippen molar-refractivity contribution in [2.75, 3.05) is 19.8 Å². The fraction of sp³-hybridized carbons (Fsp3) is 0.625. The van der Waals surface area contributed by atoms with Crippen LogP contribution in [-0.2, 0) is 5.41 Å². The molecular formula is C16H23NO2. The molecule has 19 heavy (non-hydrogen) atoms. The van der Waals surface area contributed by atoms with E-state index in [-0.39, 0.29) is 5.41 Å². The molecule has 1 aliphatic heterocycles. The Hall–Kier alpha value is -1.22. The van der Waals surface area contributed by atoms with Crippen LogP contribution in [0, 0.1) is 0 Å². The lowest BCUT2D eigenvalue weighted by Gasteiger charge is -2.33. The van der Waals surface area contributed by atoms with Gasteiger partial charge in [0.25, 0.3) is 0 Å². The van der Waals surface area contributed by atoms with Crippen LogP contribution in [0.25, 0.3) is 0 Å². The summed E-state index contributed by atoms with van der Waals surface area (Å²) in [4.78, 5) is 0. The van der Waals surface area contributed by atoms with Crippen LogP contribution in [0.3, 0.4) is 0 Å². The fourth-order valence-electron chi connectivity index (χ4n) is 3.39. The third-order valence-electron chi connectivity index (χ3n) is 4.61. The van der Waals surface area contributed by atoms with E-state index in [9.17, 15) is 0 Å². The van der Waals surface area contributed by atoms with E-state index >= 15 is 0 Å². The van der Waals surface area contributed by atoms with Crippen molar-refractivity contribution in [2.24, 2.45) is 5.73 Å². The van der Waals surface area contributed by atoms with Crippen LogP contribution in [0.5, 0.6) is 11.5 Å². The lowest BCUT2D eigenvalue weighted by Crippen LogP contribution is -2.34. The van der Waals surface area contributed by atoms with Gasteiger partial charge in [0, 0.05) is 12.0 Å². The first-order chi connectivity index (χ1) is 9.34. The van der Waals surface area contributed by atoms with Crippen molar-refractivity contribution >= 4 is 0 Å². The van der Waals surface area contributed by atoms with E-state index in [4.69, 9.17) is 15.2 Å². The molecule has 1 fully saturated rings. The molecule has 3 heteroatoms. The van der Waals surface area contributed by atoms with Crippen molar-refractivity contribution in [1.82, 2.24) is 0 Å². The number of rotatable bonds is 2. The van der Waals surface area contributed by atoms with Crippen molar-refractivity contribution in [3.05, 3.63) is 23.8 Å². The van der Waals surface area contributed by atoms with E-state index in [1.807, 2.05) is 6.07 Å². The first kappa shape index (κ1) is 12.8. The van der Waals surface area contributed by atoms with Crippen LogP contribution in [0.1, 0.15) is 44.1 Å². The van der Waals surface area contributed by atoms with Gasteiger partial charge >= 0.3 is 0 Å². The predicted molar refractivity (Wildman–Crippen MR) is 75.9 cm³/mol. The van der Waals surface area contributed by atoms with Crippen molar-refractivity contribution in [3.8, 4) is 11.5 Å². The highest BCUT2D eigenvalue weighted by Gasteiger charge is 2.32. The number of hydrogen-bond acceptors (Lipinski definition) is 3. The van der Waals surface area contributed by atoms with Gasteiger partial charge in [-0.1, -0.05) is 31.7 Å². The van der Waals surface area contributed by atoms with E-state index in [0.29, 0.717) is 13.2 Å². The Morgan fingerprint density at radius 3 is 2.32 bits per heavy atom. The second-order valence-electron chi connectivity index (χ2n) is 5.76. The Morgan fingerprint density at radius 1 is 0.947 bits per heavy atom. The highest BCUT2D eigenvalue weighted by Crippen LogP contribution is 2.41. The van der Waals surface area contributed by atoms with Gasteiger partial charge in [-0.3, -0.25) is 0 Å². The maximum Gasteiger partial charge on any atom is 0.161 e. The van der Waals surface area contributed by atoms with Gasteiger partial charge in [-0.2, -0.15) is 0 Å². The first-order valence-electron chi connectivity index (χ1n) is 7.44. The molecule has 0 spiro atoms. The van der Waals surface area contributed by atoms with Gasteiger partial charge in [-0.15, -0.1) is 0 Å². The summed E-state index contributed by atoms with van der Waals surface area (Å²) in [6.07, 6.45) is 7.64. The molecule has 0 unspecified atom stereocenters. The van der Waals surface area contributed by atoms with Crippen LogP contribution in [0.4, 0.5) is 0 Å². The van der Waals surface area contributed by atoms with E-state index in [2.05, 4.69) is 12.1 Å². The van der Waals surface area contributed by atoms with Crippen LogP contribution < -0.4 is 15.2 Å². The summed E-state index contributed by atoms with van der Waals surface area (Å²) in [5.41, 5.74) is 7.62. The molecule has 0 aromatic heterocycles. The van der Waals surface area contributed by atoms with Crippen molar-refractivity contribution < 1.29 is 9.47 Å². The molecule has 2 aliphatic rings. The molecule has 1 aliphatic carbocycles. The Morgan fingerprint density at radius 2 is 1.63 bits per heavy atom. The van der Waals surface area contributed by atoms with Crippen molar-refractivity contribution in [3.63, 3.8) is 0 Å². The number of benzene rings is 1. The third-order valence-corrected chi connectivity index (χ3v) is 4.61. The first-order valence-corrected chi connectivity index (χ1v) is 7.44. The standard InChI is InChI=1S/C16H23NO2/c17-12-16(7-3-1-2-4-8-16)13-5-6-14-15(11-13)19-10-9-18-14/h5-6,11H,1-4,7-10,12,17H2. The minimum Gasteiger partial charge on any atom is -0.486 e. The van der Waals surface area contributed by atoms with Gasteiger partial charge in [-0.25, -0.2) is 0 Å². The highest BCUT2D eigenvalue weighted by atomic mass is 16.6. The molecule has 1 aromatic rings. The van der Waals surface area contributed by atoms with Crippen LogP contribution in [0.2, 0.25) is 0 Å². The van der Waals surface area contributed by atoms with Crippen LogP contribution in [0.15, 0.2) is 18.2 Å². The van der Waals surface area contributed by atoms with Gasteiger partial charge in [0.1, 0.15) is 13.2 Å². The summed E-state index contributed by atoms with van der Waals surface area (Å²) in [5, 5.41) is 0. The lowest BCUT2D eigenvalue weighted by molar-refractivity contribution is 0.171. The Kier molecular flexibility index (Phi) is 3.65. The maximum absolute atomic E-state index is 6.14. The second-order valence-corrected chi connectivity index (χ2v) is 5.76. The number of nitrogens with two attached hydrogens (primary N) is 1. The van der Waals surface area contributed by atoms with E-state index < -0.39 is 0 Å². The highest BCUT2D eigenvalue weighted by molar-refractivity contribution is 5.46. The van der Waals surface area contributed by atoms with Crippen molar-refractivity contribution in [1.29, 1.82) is 0 Å². The molecular weight excluding hydrogens is 238 g/mol. The normalized spacial score (nSPS) is 21.7. The molecule has 1 saturated carbocycles. The SMILES string of the molecule is NCC1(c2ccc3c(c2)OCCO3)CCCCCC1. The van der Waals surface area contributed by atoms with Crippen LogP contribution >= 0.6 is 0 Å². The van der Waals surface area contributed by atoms with Crippen LogP contribution in [-0.4, -0.2) is 19.8 Å². The molecule has 1 aromatic carbocycles. The van der Waals surface area contributed by atoms with Gasteiger partial charge in [0.2, 0.25) is 0 Å². The number of fused-ring (bicyclic) bond motifs is 1. The molecule has 2 N–H and O–H groups in total. The quantitative estimate of drug-likeness (QED) is 0.832.